The van der Waals surface area contributed by atoms with Crippen LogP contribution in [0.2, 0.25) is 15.1 Å². The van der Waals surface area contributed by atoms with Crippen molar-refractivity contribution in [2.75, 3.05) is 5.32 Å². The molecule has 0 aliphatic carbocycles. The van der Waals surface area contributed by atoms with Crippen molar-refractivity contribution in [3.8, 4) is 0 Å². The molecule has 0 atom stereocenters. The maximum Gasteiger partial charge on any atom is 0.188 e. The third-order valence-electron chi connectivity index (χ3n) is 2.79. The minimum Gasteiger partial charge on any atom is -0.360 e. The molecule has 2 rings (SSSR count). The largest absolute Gasteiger partial charge is 0.360 e. The lowest BCUT2D eigenvalue weighted by atomic mass is 10.1. The monoisotopic (exact) mass is 339 g/mol. The van der Waals surface area contributed by atoms with Crippen LogP contribution in [0.25, 0.3) is 0 Å². The first kappa shape index (κ1) is 15.9. The summed E-state index contributed by atoms with van der Waals surface area (Å²) >= 11 is 17.8. The first-order valence-electron chi connectivity index (χ1n) is 6.16. The molecule has 0 unspecified atom stereocenters. The summed E-state index contributed by atoms with van der Waals surface area (Å²) in [5, 5.41) is 4.38. The summed E-state index contributed by atoms with van der Waals surface area (Å²) in [6.07, 6.45) is 2.93. The van der Waals surface area contributed by atoms with E-state index >= 15 is 0 Å². The Balaban J connectivity index is 2.10. The van der Waals surface area contributed by atoms with Gasteiger partial charge in [0.25, 0.3) is 0 Å². The Labute approximate surface area is 138 Å². The number of aryl methyl sites for hydroxylation is 1. The van der Waals surface area contributed by atoms with Crippen LogP contribution in [0.15, 0.2) is 48.7 Å². The minimum absolute atomic E-state index is 0.215. The van der Waals surface area contributed by atoms with E-state index in [-0.39, 0.29) is 5.78 Å². The molecule has 0 spiro atoms. The van der Waals surface area contributed by atoms with Crippen molar-refractivity contribution < 1.29 is 4.79 Å². The molecule has 0 aliphatic heterocycles. The summed E-state index contributed by atoms with van der Waals surface area (Å²) in [4.78, 5) is 12.0. The number of allylic oxidation sites excluding steroid dienone is 1. The van der Waals surface area contributed by atoms with Gasteiger partial charge in [-0.15, -0.1) is 0 Å². The van der Waals surface area contributed by atoms with Gasteiger partial charge in [-0.3, -0.25) is 4.79 Å². The lowest BCUT2D eigenvalue weighted by Crippen LogP contribution is -1.97. The molecule has 0 amide bonds. The second kappa shape index (κ2) is 6.99. The van der Waals surface area contributed by atoms with Crippen molar-refractivity contribution in [3.63, 3.8) is 0 Å². The molecule has 5 heteroatoms. The average Bonchev–Trinajstić information content (AvgIpc) is 2.42. The van der Waals surface area contributed by atoms with Gasteiger partial charge in [0.15, 0.2) is 5.78 Å². The summed E-state index contributed by atoms with van der Waals surface area (Å²) in [6, 6.07) is 10.4. The molecule has 2 aromatic rings. The van der Waals surface area contributed by atoms with Crippen LogP contribution in [0.5, 0.6) is 0 Å². The zero-order valence-corrected chi connectivity index (χ0v) is 13.4. The van der Waals surface area contributed by atoms with E-state index in [2.05, 4.69) is 5.32 Å². The van der Waals surface area contributed by atoms with Crippen molar-refractivity contribution in [1.29, 1.82) is 0 Å². The lowest BCUT2D eigenvalue weighted by molar-refractivity contribution is 0.104. The highest BCUT2D eigenvalue weighted by Gasteiger charge is 2.07. The van der Waals surface area contributed by atoms with Crippen molar-refractivity contribution >= 4 is 46.3 Å². The van der Waals surface area contributed by atoms with E-state index in [0.717, 1.165) is 11.3 Å². The Morgan fingerprint density at radius 3 is 2.52 bits per heavy atom. The van der Waals surface area contributed by atoms with Crippen LogP contribution >= 0.6 is 34.8 Å². The van der Waals surface area contributed by atoms with E-state index in [1.165, 1.54) is 18.3 Å². The van der Waals surface area contributed by atoms with Gasteiger partial charge in [-0.1, -0.05) is 40.9 Å². The fourth-order valence-corrected chi connectivity index (χ4v) is 2.41. The lowest BCUT2D eigenvalue weighted by Gasteiger charge is -2.05. The van der Waals surface area contributed by atoms with Crippen molar-refractivity contribution in [3.05, 3.63) is 74.9 Å². The Hall–Kier alpha value is -1.48. The number of rotatable bonds is 4. The molecule has 108 valence electrons. The fraction of sp³-hybridized carbons (Fsp3) is 0.0625. The molecule has 1 N–H and O–H groups in total. The van der Waals surface area contributed by atoms with Crippen molar-refractivity contribution in [2.24, 2.45) is 0 Å². The van der Waals surface area contributed by atoms with E-state index in [0.29, 0.717) is 20.6 Å². The molecule has 0 fully saturated rings. The highest BCUT2D eigenvalue weighted by molar-refractivity contribution is 6.37. The van der Waals surface area contributed by atoms with Crippen LogP contribution in [0.1, 0.15) is 15.9 Å². The number of halogens is 3. The van der Waals surface area contributed by atoms with Crippen LogP contribution in [0, 0.1) is 6.92 Å². The number of anilines is 1. The van der Waals surface area contributed by atoms with E-state index in [9.17, 15) is 4.79 Å². The van der Waals surface area contributed by atoms with Gasteiger partial charge in [-0.25, -0.2) is 0 Å². The maximum atomic E-state index is 12.0. The number of hydrogen-bond acceptors (Lipinski definition) is 2. The van der Waals surface area contributed by atoms with Gasteiger partial charge in [0.1, 0.15) is 0 Å². The molecule has 0 radical (unpaired) electrons. The molecule has 2 nitrogen and oxygen atoms in total. The molecule has 0 aromatic heterocycles. The molecule has 0 bridgehead atoms. The molecule has 0 heterocycles. The molecule has 0 aliphatic rings. The first-order chi connectivity index (χ1) is 9.97. The van der Waals surface area contributed by atoms with Gasteiger partial charge >= 0.3 is 0 Å². The second-order valence-electron chi connectivity index (χ2n) is 4.45. The van der Waals surface area contributed by atoms with Gasteiger partial charge < -0.3 is 5.32 Å². The SMILES string of the molecule is Cc1ccc(Cl)c(NC=CC(=O)c2ccc(Cl)cc2Cl)c1. The Bertz CT molecular complexity index is 711. The second-order valence-corrected chi connectivity index (χ2v) is 5.70. The summed E-state index contributed by atoms with van der Waals surface area (Å²) in [5.41, 5.74) is 2.21. The topological polar surface area (TPSA) is 29.1 Å². The minimum atomic E-state index is -0.215. The first-order valence-corrected chi connectivity index (χ1v) is 7.29. The number of benzene rings is 2. The molecule has 21 heavy (non-hydrogen) atoms. The maximum absolute atomic E-state index is 12.0. The standard InChI is InChI=1S/C16H12Cl3NO/c1-10-2-5-13(18)15(8-10)20-7-6-16(21)12-4-3-11(17)9-14(12)19/h2-9,20H,1H3. The average molecular weight is 341 g/mol. The fourth-order valence-electron chi connectivity index (χ4n) is 1.74. The number of hydrogen-bond donors (Lipinski definition) is 1. The molecule has 0 saturated carbocycles. The van der Waals surface area contributed by atoms with Crippen molar-refractivity contribution in [2.45, 2.75) is 6.92 Å². The quantitative estimate of drug-likeness (QED) is 0.566. The number of nitrogens with one attached hydrogen (secondary N) is 1. The predicted octanol–water partition coefficient (Wildman–Crippen LogP) is 5.76. The summed E-state index contributed by atoms with van der Waals surface area (Å²) in [7, 11) is 0. The van der Waals surface area contributed by atoms with Crippen LogP contribution in [-0.2, 0) is 0 Å². The van der Waals surface area contributed by atoms with E-state index in [1.54, 1.807) is 18.2 Å². The van der Waals surface area contributed by atoms with Crippen molar-refractivity contribution in [1.82, 2.24) is 0 Å². The van der Waals surface area contributed by atoms with Crippen LogP contribution in [0.4, 0.5) is 5.69 Å². The van der Waals surface area contributed by atoms with Crippen LogP contribution < -0.4 is 5.32 Å². The Morgan fingerprint density at radius 2 is 1.81 bits per heavy atom. The normalized spacial score (nSPS) is 10.9. The molecular weight excluding hydrogens is 329 g/mol. The van der Waals surface area contributed by atoms with E-state index in [1.807, 2.05) is 19.1 Å². The van der Waals surface area contributed by atoms with Gasteiger partial charge in [-0.05, 0) is 42.8 Å². The zero-order chi connectivity index (χ0) is 15.4. The third kappa shape index (κ3) is 4.24. The number of carbonyl (C=O) groups is 1. The van der Waals surface area contributed by atoms with E-state index < -0.39 is 0 Å². The van der Waals surface area contributed by atoms with Gasteiger partial charge in [0, 0.05) is 22.9 Å². The number of ketones is 1. The smallest absolute Gasteiger partial charge is 0.188 e. The predicted molar refractivity (Wildman–Crippen MR) is 89.7 cm³/mol. The zero-order valence-electron chi connectivity index (χ0n) is 11.2. The summed E-state index contributed by atoms with van der Waals surface area (Å²) in [5.74, 6) is -0.215. The molecule has 0 saturated heterocycles. The highest BCUT2D eigenvalue weighted by Crippen LogP contribution is 2.23. The molecular formula is C16H12Cl3NO. The molecule has 2 aromatic carbocycles. The van der Waals surface area contributed by atoms with Gasteiger partial charge in [0.2, 0.25) is 0 Å². The Kier molecular flexibility index (Phi) is 5.29. The van der Waals surface area contributed by atoms with E-state index in [4.69, 9.17) is 34.8 Å². The highest BCUT2D eigenvalue weighted by atomic mass is 35.5. The van der Waals surface area contributed by atoms with Crippen LogP contribution in [-0.4, -0.2) is 5.78 Å². The Morgan fingerprint density at radius 1 is 1.05 bits per heavy atom. The van der Waals surface area contributed by atoms with Crippen LogP contribution in [0.3, 0.4) is 0 Å². The van der Waals surface area contributed by atoms with Gasteiger partial charge in [-0.2, -0.15) is 0 Å². The van der Waals surface area contributed by atoms with Gasteiger partial charge in [0.05, 0.1) is 15.7 Å². The summed E-state index contributed by atoms with van der Waals surface area (Å²) < 4.78 is 0. The summed E-state index contributed by atoms with van der Waals surface area (Å²) in [6.45, 7) is 1.96. The third-order valence-corrected chi connectivity index (χ3v) is 3.67. The number of carbonyl (C=O) groups excluding carboxylic acids is 1.